The fourth-order valence-corrected chi connectivity index (χ4v) is 5.39. The highest BCUT2D eigenvalue weighted by Crippen LogP contribution is 2.45. The number of hydrogen-bond donors (Lipinski definition) is 0. The van der Waals surface area contributed by atoms with E-state index in [-0.39, 0.29) is 29.6 Å². The molecule has 2 aliphatic rings. The van der Waals surface area contributed by atoms with Gasteiger partial charge in [-0.15, -0.1) is 0 Å². The van der Waals surface area contributed by atoms with Crippen molar-refractivity contribution < 1.29 is 19.1 Å². The Labute approximate surface area is 199 Å². The van der Waals surface area contributed by atoms with Crippen LogP contribution in [0.4, 0.5) is 5.69 Å². The maximum Gasteiger partial charge on any atom is 0.343 e. The molecule has 1 heterocycles. The lowest BCUT2D eigenvalue weighted by Gasteiger charge is -2.28. The minimum Gasteiger partial charge on any atom is -0.423 e. The van der Waals surface area contributed by atoms with Crippen molar-refractivity contribution >= 4 is 23.5 Å². The van der Waals surface area contributed by atoms with E-state index in [0.717, 1.165) is 17.5 Å². The highest BCUT2D eigenvalue weighted by molar-refractivity contribution is 6.22. The fraction of sp³-hybridized carbons (Fsp3) is 0.276. The molecule has 3 atom stereocenters. The van der Waals surface area contributed by atoms with Gasteiger partial charge in [-0.25, -0.2) is 4.79 Å². The van der Waals surface area contributed by atoms with E-state index < -0.39 is 5.97 Å². The lowest BCUT2D eigenvalue weighted by molar-refractivity contribution is -0.122. The van der Waals surface area contributed by atoms with E-state index in [1.165, 1.54) is 10.5 Å². The van der Waals surface area contributed by atoms with Crippen molar-refractivity contribution in [3.8, 4) is 5.75 Å². The molecule has 0 bridgehead atoms. The molecule has 0 radical (unpaired) electrons. The van der Waals surface area contributed by atoms with Crippen molar-refractivity contribution in [2.24, 2.45) is 11.8 Å². The molecule has 5 nitrogen and oxygen atoms in total. The van der Waals surface area contributed by atoms with E-state index >= 15 is 0 Å². The predicted octanol–water partition coefficient (Wildman–Crippen LogP) is 5.60. The van der Waals surface area contributed by atoms with Gasteiger partial charge in [0.15, 0.2) is 0 Å². The van der Waals surface area contributed by atoms with Gasteiger partial charge in [0, 0.05) is 0 Å². The lowest BCUT2D eigenvalue weighted by atomic mass is 9.73. The molecule has 2 amide bonds. The smallest absolute Gasteiger partial charge is 0.343 e. The van der Waals surface area contributed by atoms with Gasteiger partial charge in [0.25, 0.3) is 0 Å². The third kappa shape index (κ3) is 4.14. The minimum absolute atomic E-state index is 0.165. The predicted molar refractivity (Wildman–Crippen MR) is 130 cm³/mol. The van der Waals surface area contributed by atoms with Gasteiger partial charge in [-0.3, -0.25) is 14.5 Å². The summed E-state index contributed by atoms with van der Waals surface area (Å²) in [6, 6.07) is 22.4. The Bertz CT molecular complexity index is 1250. The molecule has 0 spiro atoms. The molecule has 172 valence electrons. The van der Waals surface area contributed by atoms with Crippen molar-refractivity contribution in [1.29, 1.82) is 0 Å². The average Bonchev–Trinajstić information content (AvgIpc) is 3.08. The van der Waals surface area contributed by atoms with Gasteiger partial charge in [-0.1, -0.05) is 42.5 Å². The minimum atomic E-state index is -0.521. The fourth-order valence-electron chi connectivity index (χ4n) is 5.39. The number of nitrogens with zero attached hydrogens (tertiary/aromatic N) is 1. The summed E-state index contributed by atoms with van der Waals surface area (Å²) in [7, 11) is 0. The standard InChI is InChI=1S/C29H27NO4/c1-18-13-19(2)15-24(14-18)34-29(33)22-9-6-10-23(16-22)30-27(31)25-12-11-21(17-26(25)28(30)32)20-7-4-3-5-8-20/h3-10,13-16,21,25-26H,11-12,17H2,1-2H3/t21-,25+,26+/m1/s1. The molecule has 1 saturated heterocycles. The van der Waals surface area contributed by atoms with Crippen LogP contribution in [0, 0.1) is 25.7 Å². The largest absolute Gasteiger partial charge is 0.423 e. The molecule has 0 aromatic heterocycles. The van der Waals surface area contributed by atoms with Crippen molar-refractivity contribution in [3.05, 3.63) is 95.1 Å². The Morgan fingerprint density at radius 3 is 2.26 bits per heavy atom. The lowest BCUT2D eigenvalue weighted by Crippen LogP contribution is -2.31. The zero-order valence-corrected chi connectivity index (χ0v) is 19.4. The van der Waals surface area contributed by atoms with Crippen LogP contribution in [-0.4, -0.2) is 17.8 Å². The molecule has 0 unspecified atom stereocenters. The summed E-state index contributed by atoms with van der Waals surface area (Å²) in [4.78, 5) is 40.7. The summed E-state index contributed by atoms with van der Waals surface area (Å²) in [5.41, 5.74) is 3.95. The number of aryl methyl sites for hydroxylation is 2. The topological polar surface area (TPSA) is 63.7 Å². The summed E-state index contributed by atoms with van der Waals surface area (Å²) >= 11 is 0. The quantitative estimate of drug-likeness (QED) is 0.293. The Morgan fingerprint density at radius 2 is 1.53 bits per heavy atom. The van der Waals surface area contributed by atoms with Crippen molar-refractivity contribution in [1.82, 2.24) is 0 Å². The average molecular weight is 454 g/mol. The van der Waals surface area contributed by atoms with Crippen LogP contribution in [0.5, 0.6) is 5.75 Å². The van der Waals surface area contributed by atoms with Crippen LogP contribution < -0.4 is 9.64 Å². The van der Waals surface area contributed by atoms with Crippen LogP contribution in [-0.2, 0) is 9.59 Å². The van der Waals surface area contributed by atoms with E-state index in [1.54, 1.807) is 36.4 Å². The number of carbonyl (C=O) groups excluding carboxylic acids is 3. The zero-order chi connectivity index (χ0) is 23.8. The zero-order valence-electron chi connectivity index (χ0n) is 19.4. The molecule has 0 N–H and O–H groups in total. The maximum atomic E-state index is 13.4. The van der Waals surface area contributed by atoms with Gasteiger partial charge in [0.2, 0.25) is 11.8 Å². The monoisotopic (exact) mass is 453 g/mol. The first-order valence-electron chi connectivity index (χ1n) is 11.7. The molecule has 5 rings (SSSR count). The molecule has 2 fully saturated rings. The normalized spacial score (nSPS) is 21.9. The molecule has 1 saturated carbocycles. The van der Waals surface area contributed by atoms with E-state index in [1.807, 2.05) is 38.1 Å². The number of ether oxygens (including phenoxy) is 1. The van der Waals surface area contributed by atoms with Crippen LogP contribution in [0.2, 0.25) is 0 Å². The first-order valence-corrected chi connectivity index (χ1v) is 11.7. The van der Waals surface area contributed by atoms with Crippen LogP contribution in [0.1, 0.15) is 52.2 Å². The van der Waals surface area contributed by atoms with Gasteiger partial charge >= 0.3 is 5.97 Å². The Morgan fingerprint density at radius 1 is 0.824 bits per heavy atom. The third-order valence-electron chi connectivity index (χ3n) is 6.94. The number of anilines is 1. The highest BCUT2D eigenvalue weighted by Gasteiger charge is 2.50. The molecular weight excluding hydrogens is 426 g/mol. The maximum absolute atomic E-state index is 13.4. The number of esters is 1. The van der Waals surface area contributed by atoms with E-state index in [0.29, 0.717) is 29.8 Å². The van der Waals surface area contributed by atoms with Crippen molar-refractivity contribution in [2.75, 3.05) is 4.90 Å². The molecule has 3 aromatic rings. The second-order valence-electron chi connectivity index (χ2n) is 9.41. The van der Waals surface area contributed by atoms with Crippen LogP contribution >= 0.6 is 0 Å². The Hall–Kier alpha value is -3.73. The first kappa shape index (κ1) is 22.1. The molecule has 1 aliphatic carbocycles. The summed E-state index contributed by atoms with van der Waals surface area (Å²) in [6.45, 7) is 3.88. The molecule has 5 heteroatoms. The number of fused-ring (bicyclic) bond motifs is 1. The number of imide groups is 1. The second kappa shape index (κ2) is 8.90. The Kier molecular flexibility index (Phi) is 5.78. The van der Waals surface area contributed by atoms with Crippen LogP contribution in [0.15, 0.2) is 72.8 Å². The molecule has 1 aliphatic heterocycles. The van der Waals surface area contributed by atoms with Crippen LogP contribution in [0.25, 0.3) is 0 Å². The Balaban J connectivity index is 1.36. The van der Waals surface area contributed by atoms with E-state index in [4.69, 9.17) is 4.74 Å². The number of amides is 2. The number of hydrogen-bond acceptors (Lipinski definition) is 4. The number of benzene rings is 3. The molecule has 3 aromatic carbocycles. The van der Waals surface area contributed by atoms with Gasteiger partial charge in [-0.2, -0.15) is 0 Å². The summed E-state index contributed by atoms with van der Waals surface area (Å²) < 4.78 is 5.56. The van der Waals surface area contributed by atoms with Gasteiger partial charge in [0.05, 0.1) is 23.1 Å². The van der Waals surface area contributed by atoms with Crippen molar-refractivity contribution in [2.45, 2.75) is 39.0 Å². The van der Waals surface area contributed by atoms with Gasteiger partial charge < -0.3 is 4.74 Å². The van der Waals surface area contributed by atoms with Crippen LogP contribution in [0.3, 0.4) is 0 Å². The SMILES string of the molecule is Cc1cc(C)cc(OC(=O)c2cccc(N3C(=O)[C@H]4CC[C@@H](c5ccccc5)C[C@@H]4C3=O)c2)c1. The molecule has 34 heavy (non-hydrogen) atoms. The van der Waals surface area contributed by atoms with Gasteiger partial charge in [0.1, 0.15) is 5.75 Å². The summed E-state index contributed by atoms with van der Waals surface area (Å²) in [6.07, 6.45) is 2.25. The van der Waals surface area contributed by atoms with E-state index in [2.05, 4.69) is 12.1 Å². The second-order valence-corrected chi connectivity index (χ2v) is 9.41. The first-order chi connectivity index (χ1) is 16.4. The third-order valence-corrected chi connectivity index (χ3v) is 6.94. The number of carbonyl (C=O) groups is 3. The number of rotatable bonds is 4. The van der Waals surface area contributed by atoms with E-state index in [9.17, 15) is 14.4 Å². The van der Waals surface area contributed by atoms with Crippen molar-refractivity contribution in [3.63, 3.8) is 0 Å². The summed E-state index contributed by atoms with van der Waals surface area (Å²) in [5, 5.41) is 0. The summed E-state index contributed by atoms with van der Waals surface area (Å²) in [5.74, 6) is -0.725. The van der Waals surface area contributed by atoms with Gasteiger partial charge in [-0.05, 0) is 86.1 Å². The molecular formula is C29H27NO4. The highest BCUT2D eigenvalue weighted by atomic mass is 16.5.